The lowest BCUT2D eigenvalue weighted by atomic mass is 9.98. The van der Waals surface area contributed by atoms with E-state index in [0.29, 0.717) is 29.4 Å². The van der Waals surface area contributed by atoms with E-state index in [9.17, 15) is 9.59 Å². The monoisotopic (exact) mass is 368 g/mol. The lowest BCUT2D eigenvalue weighted by Gasteiger charge is -2.39. The quantitative estimate of drug-likeness (QED) is 0.769. The molecule has 0 radical (unpaired) electrons. The summed E-state index contributed by atoms with van der Waals surface area (Å²) < 4.78 is 1.56. The predicted octanol–water partition coefficient (Wildman–Crippen LogP) is 2.22. The maximum absolute atomic E-state index is 12.8. The predicted molar refractivity (Wildman–Crippen MR) is 102 cm³/mol. The third-order valence-electron chi connectivity index (χ3n) is 4.65. The van der Waals surface area contributed by atoms with Crippen LogP contribution < -0.4 is 15.9 Å². The molecule has 1 aliphatic rings. The first-order valence-corrected chi connectivity index (χ1v) is 8.70. The lowest BCUT2D eigenvalue weighted by molar-refractivity contribution is -0.125. The Morgan fingerprint density at radius 2 is 1.92 bits per heavy atom. The van der Waals surface area contributed by atoms with Gasteiger partial charge in [0.15, 0.2) is 0 Å². The largest absolute Gasteiger partial charge is 0.359 e. The fourth-order valence-electron chi connectivity index (χ4n) is 3.27. The summed E-state index contributed by atoms with van der Waals surface area (Å²) >= 11 is 6.19. The van der Waals surface area contributed by atoms with Crippen molar-refractivity contribution in [3.8, 4) is 5.69 Å². The Bertz CT molecular complexity index is 1040. The molecule has 0 aliphatic carbocycles. The molecular formula is C19H17ClN4O2. The van der Waals surface area contributed by atoms with Gasteiger partial charge in [-0.15, -0.1) is 0 Å². The first-order valence-electron chi connectivity index (χ1n) is 8.33. The number of halogens is 1. The van der Waals surface area contributed by atoms with Gasteiger partial charge < -0.3 is 10.2 Å². The van der Waals surface area contributed by atoms with Crippen molar-refractivity contribution in [2.45, 2.75) is 0 Å². The van der Waals surface area contributed by atoms with Gasteiger partial charge in [-0.2, -0.15) is 4.98 Å². The Hall–Kier alpha value is -2.86. The number of hydrogen-bond donors (Lipinski definition) is 1. The SMILES string of the molecule is CNC(=O)C1CN(c2nc(=O)n(-c3ccccc3)c3cc(Cl)ccc23)C1. The fourth-order valence-corrected chi connectivity index (χ4v) is 3.44. The number of carbonyl (C=O) groups excluding carboxylic acids is 1. The van der Waals surface area contributed by atoms with Crippen LogP contribution in [-0.2, 0) is 4.79 Å². The van der Waals surface area contributed by atoms with E-state index in [-0.39, 0.29) is 17.5 Å². The summed E-state index contributed by atoms with van der Waals surface area (Å²) in [5.74, 6) is 0.515. The van der Waals surface area contributed by atoms with Crippen LogP contribution in [0.5, 0.6) is 0 Å². The van der Waals surface area contributed by atoms with Gasteiger partial charge in [0.2, 0.25) is 5.91 Å². The maximum Gasteiger partial charge on any atom is 0.354 e. The van der Waals surface area contributed by atoms with Crippen molar-refractivity contribution in [3.63, 3.8) is 0 Å². The molecule has 7 heteroatoms. The topological polar surface area (TPSA) is 67.2 Å². The molecular weight excluding hydrogens is 352 g/mol. The van der Waals surface area contributed by atoms with E-state index >= 15 is 0 Å². The van der Waals surface area contributed by atoms with Crippen LogP contribution in [0.4, 0.5) is 5.82 Å². The number of nitrogens with zero attached hydrogens (tertiary/aromatic N) is 3. The van der Waals surface area contributed by atoms with E-state index in [2.05, 4.69) is 10.3 Å². The zero-order valence-corrected chi connectivity index (χ0v) is 14.9. The Morgan fingerprint density at radius 1 is 1.19 bits per heavy atom. The van der Waals surface area contributed by atoms with Gasteiger partial charge in [0.1, 0.15) is 5.82 Å². The molecule has 1 aliphatic heterocycles. The van der Waals surface area contributed by atoms with Crippen LogP contribution in [0, 0.1) is 5.92 Å². The average molecular weight is 369 g/mol. The van der Waals surface area contributed by atoms with Crippen molar-refractivity contribution in [1.29, 1.82) is 0 Å². The van der Waals surface area contributed by atoms with Gasteiger partial charge in [-0.05, 0) is 30.3 Å². The van der Waals surface area contributed by atoms with Crippen molar-refractivity contribution in [2.24, 2.45) is 5.92 Å². The minimum atomic E-state index is -0.371. The summed E-state index contributed by atoms with van der Waals surface area (Å²) in [6.07, 6.45) is 0. The molecule has 3 aromatic rings. The van der Waals surface area contributed by atoms with Crippen LogP contribution in [0.25, 0.3) is 16.6 Å². The number of benzene rings is 2. The van der Waals surface area contributed by atoms with Crippen molar-refractivity contribution in [2.75, 3.05) is 25.0 Å². The van der Waals surface area contributed by atoms with E-state index in [1.807, 2.05) is 41.3 Å². The number of rotatable bonds is 3. The highest BCUT2D eigenvalue weighted by atomic mass is 35.5. The molecule has 4 rings (SSSR count). The van der Waals surface area contributed by atoms with Gasteiger partial charge >= 0.3 is 5.69 Å². The summed E-state index contributed by atoms with van der Waals surface area (Å²) in [7, 11) is 1.63. The molecule has 1 N–H and O–H groups in total. The molecule has 0 atom stereocenters. The third-order valence-corrected chi connectivity index (χ3v) is 4.88. The van der Waals surface area contributed by atoms with Gasteiger partial charge in [-0.25, -0.2) is 4.79 Å². The summed E-state index contributed by atoms with van der Waals surface area (Å²) in [6, 6.07) is 14.8. The van der Waals surface area contributed by atoms with Crippen molar-refractivity contribution in [3.05, 3.63) is 64.0 Å². The molecule has 6 nitrogen and oxygen atoms in total. The molecule has 2 heterocycles. The molecule has 0 saturated carbocycles. The second kappa shape index (κ2) is 6.46. The van der Waals surface area contributed by atoms with Crippen LogP contribution in [0.15, 0.2) is 53.3 Å². The normalized spacial score (nSPS) is 14.3. The van der Waals surface area contributed by atoms with Gasteiger partial charge in [-0.3, -0.25) is 9.36 Å². The Balaban J connectivity index is 1.85. The summed E-state index contributed by atoms with van der Waals surface area (Å²) in [5.41, 5.74) is 1.06. The fraction of sp³-hybridized carbons (Fsp3) is 0.211. The van der Waals surface area contributed by atoms with Gasteiger partial charge in [0.05, 0.1) is 17.1 Å². The molecule has 1 aromatic heterocycles. The highest BCUT2D eigenvalue weighted by molar-refractivity contribution is 6.31. The zero-order valence-electron chi connectivity index (χ0n) is 14.1. The highest BCUT2D eigenvalue weighted by Gasteiger charge is 2.34. The van der Waals surface area contributed by atoms with E-state index in [1.54, 1.807) is 23.7 Å². The van der Waals surface area contributed by atoms with Crippen molar-refractivity contribution < 1.29 is 4.79 Å². The van der Waals surface area contributed by atoms with E-state index < -0.39 is 0 Å². The van der Waals surface area contributed by atoms with Crippen LogP contribution in [0.1, 0.15) is 0 Å². The second-order valence-electron chi connectivity index (χ2n) is 6.27. The first kappa shape index (κ1) is 16.6. The standard InChI is InChI=1S/C19H17ClN4O2/c1-21-18(25)12-10-23(11-12)17-15-8-7-13(20)9-16(15)24(19(26)22-17)14-5-3-2-4-6-14/h2-9,12H,10-11H2,1H3,(H,21,25). The lowest BCUT2D eigenvalue weighted by Crippen LogP contribution is -2.54. The summed E-state index contributed by atoms with van der Waals surface area (Å²) in [4.78, 5) is 30.8. The first-order chi connectivity index (χ1) is 12.6. The Labute approximate surface area is 155 Å². The second-order valence-corrected chi connectivity index (χ2v) is 6.70. The van der Waals surface area contributed by atoms with Gasteiger partial charge in [-0.1, -0.05) is 29.8 Å². The summed E-state index contributed by atoms with van der Waals surface area (Å²) in [5, 5.41) is 4.03. The Kier molecular flexibility index (Phi) is 4.12. The molecule has 0 bridgehead atoms. The zero-order chi connectivity index (χ0) is 18.3. The van der Waals surface area contributed by atoms with E-state index in [0.717, 1.165) is 11.1 Å². The number of fused-ring (bicyclic) bond motifs is 1. The van der Waals surface area contributed by atoms with Crippen LogP contribution in [-0.4, -0.2) is 35.6 Å². The number of para-hydroxylation sites is 1. The molecule has 26 heavy (non-hydrogen) atoms. The number of anilines is 1. The molecule has 1 amide bonds. The minimum absolute atomic E-state index is 0.00577. The van der Waals surface area contributed by atoms with Crippen LogP contribution >= 0.6 is 11.6 Å². The van der Waals surface area contributed by atoms with Crippen LogP contribution in [0.2, 0.25) is 5.02 Å². The smallest absolute Gasteiger partial charge is 0.354 e. The molecule has 2 aromatic carbocycles. The van der Waals surface area contributed by atoms with Crippen molar-refractivity contribution in [1.82, 2.24) is 14.9 Å². The molecule has 132 valence electrons. The van der Waals surface area contributed by atoms with E-state index in [4.69, 9.17) is 11.6 Å². The number of carbonyl (C=O) groups is 1. The van der Waals surface area contributed by atoms with Crippen molar-refractivity contribution >= 4 is 34.2 Å². The minimum Gasteiger partial charge on any atom is -0.359 e. The van der Waals surface area contributed by atoms with Gasteiger partial charge in [0, 0.05) is 30.5 Å². The number of hydrogen-bond acceptors (Lipinski definition) is 4. The number of aromatic nitrogens is 2. The summed E-state index contributed by atoms with van der Waals surface area (Å²) in [6.45, 7) is 1.08. The molecule has 0 spiro atoms. The van der Waals surface area contributed by atoms with E-state index in [1.165, 1.54) is 0 Å². The third kappa shape index (κ3) is 2.72. The van der Waals surface area contributed by atoms with Gasteiger partial charge in [0.25, 0.3) is 0 Å². The number of amides is 1. The van der Waals surface area contributed by atoms with Crippen LogP contribution in [0.3, 0.4) is 0 Å². The molecule has 1 saturated heterocycles. The number of nitrogens with one attached hydrogen (secondary N) is 1. The average Bonchev–Trinajstić information content (AvgIpc) is 2.60. The highest BCUT2D eigenvalue weighted by Crippen LogP contribution is 2.31. The Morgan fingerprint density at radius 3 is 2.62 bits per heavy atom. The maximum atomic E-state index is 12.8. The molecule has 0 unspecified atom stereocenters. The molecule has 1 fully saturated rings.